The van der Waals surface area contributed by atoms with E-state index in [9.17, 15) is 9.59 Å². The minimum atomic E-state index is -1.06. The van der Waals surface area contributed by atoms with Crippen LogP contribution in [0.25, 0.3) is 0 Å². The second kappa shape index (κ2) is 2.73. The van der Waals surface area contributed by atoms with Crippen LogP contribution in [0, 0.1) is 0 Å². The van der Waals surface area contributed by atoms with Gasteiger partial charge in [-0.1, -0.05) is 0 Å². The molecule has 0 unspecified atom stereocenters. The quantitative estimate of drug-likeness (QED) is 0.429. The molecule has 0 spiro atoms. The predicted octanol–water partition coefficient (Wildman–Crippen LogP) is -0.0846. The third-order valence-electron chi connectivity index (χ3n) is 0.738. The first kappa shape index (κ1) is 8.30. The summed E-state index contributed by atoms with van der Waals surface area (Å²) in [5, 5.41) is 8.94. The fourth-order valence-electron chi connectivity index (χ4n) is 0.468. The van der Waals surface area contributed by atoms with Crippen molar-refractivity contribution in [2.75, 3.05) is 0 Å². The number of Topliss-reactive ketones (excluding diaryl/α,β-unsaturated/α-hetero) is 1. The first-order valence-electron chi connectivity index (χ1n) is 2.66. The van der Waals surface area contributed by atoms with E-state index in [-0.39, 0.29) is 12.7 Å². The van der Waals surface area contributed by atoms with Gasteiger partial charge in [0, 0.05) is 6.42 Å². The second-order valence-corrected chi connectivity index (χ2v) is 2.57. The lowest BCUT2D eigenvalue weighted by atomic mass is 10.0. The van der Waals surface area contributed by atoms with Gasteiger partial charge in [-0.2, -0.15) is 0 Å². The number of ketones is 1. The smallest absolute Gasteiger partial charge is 0.198 e. The molecule has 1 N–H and O–H groups in total. The molecule has 0 fully saturated rings. The molecule has 0 heterocycles. The Hall–Kier alpha value is -0.700. The molecule has 0 aromatic rings. The number of rotatable bonds is 3. The SMILES string of the molecule is CC(C)(O)CC(=O)C=O. The van der Waals surface area contributed by atoms with Gasteiger partial charge in [0.25, 0.3) is 0 Å². The number of aldehydes is 1. The minimum absolute atomic E-state index is 0.101. The van der Waals surface area contributed by atoms with Gasteiger partial charge in [0.15, 0.2) is 12.1 Å². The zero-order chi connectivity index (χ0) is 7.49. The number of aliphatic hydroxyl groups is 1. The van der Waals surface area contributed by atoms with E-state index in [0.717, 1.165) is 0 Å². The Labute approximate surface area is 53.7 Å². The highest BCUT2D eigenvalue weighted by molar-refractivity contribution is 6.25. The standard InChI is InChI=1S/C6H10O3/c1-6(2,9)3-5(8)4-7/h4,9H,3H2,1-2H3. The molecular weight excluding hydrogens is 120 g/mol. The van der Waals surface area contributed by atoms with Crippen molar-refractivity contribution in [1.82, 2.24) is 0 Å². The fraction of sp³-hybridized carbons (Fsp3) is 0.667. The highest BCUT2D eigenvalue weighted by Gasteiger charge is 2.16. The van der Waals surface area contributed by atoms with Crippen LogP contribution in [-0.4, -0.2) is 22.8 Å². The highest BCUT2D eigenvalue weighted by Crippen LogP contribution is 2.05. The van der Waals surface area contributed by atoms with Crippen molar-refractivity contribution in [3.63, 3.8) is 0 Å². The number of carbonyl (C=O) groups is 2. The van der Waals surface area contributed by atoms with Gasteiger partial charge in [-0.15, -0.1) is 0 Å². The predicted molar refractivity (Wildman–Crippen MR) is 32.0 cm³/mol. The number of hydrogen-bond donors (Lipinski definition) is 1. The number of carbonyl (C=O) groups excluding carboxylic acids is 2. The molecule has 0 saturated carbocycles. The molecule has 3 nitrogen and oxygen atoms in total. The van der Waals surface area contributed by atoms with Crippen LogP contribution in [0.2, 0.25) is 0 Å². The van der Waals surface area contributed by atoms with E-state index in [1.165, 1.54) is 13.8 Å². The summed E-state index contributed by atoms with van der Waals surface area (Å²) in [5.74, 6) is -0.567. The molecule has 0 radical (unpaired) electrons. The summed E-state index contributed by atoms with van der Waals surface area (Å²) < 4.78 is 0. The topological polar surface area (TPSA) is 54.4 Å². The Balaban J connectivity index is 3.74. The maximum absolute atomic E-state index is 10.3. The lowest BCUT2D eigenvalue weighted by Gasteiger charge is -2.12. The van der Waals surface area contributed by atoms with Gasteiger partial charge in [0.05, 0.1) is 5.60 Å². The lowest BCUT2D eigenvalue weighted by Crippen LogP contribution is -2.23. The molecule has 0 amide bonds. The van der Waals surface area contributed by atoms with Gasteiger partial charge in [0.2, 0.25) is 0 Å². The van der Waals surface area contributed by atoms with E-state index in [4.69, 9.17) is 5.11 Å². The van der Waals surface area contributed by atoms with Crippen molar-refractivity contribution in [1.29, 1.82) is 0 Å². The molecule has 0 saturated heterocycles. The van der Waals surface area contributed by atoms with Gasteiger partial charge < -0.3 is 5.11 Å². The lowest BCUT2D eigenvalue weighted by molar-refractivity contribution is -0.132. The Morgan fingerprint density at radius 2 is 2.11 bits per heavy atom. The minimum Gasteiger partial charge on any atom is -0.390 e. The van der Waals surface area contributed by atoms with E-state index in [2.05, 4.69) is 0 Å². The molecule has 0 atom stereocenters. The summed E-state index contributed by atoms with van der Waals surface area (Å²) >= 11 is 0. The monoisotopic (exact) mass is 130 g/mol. The Kier molecular flexibility index (Phi) is 2.52. The summed E-state index contributed by atoms with van der Waals surface area (Å²) in [6, 6.07) is 0. The maximum Gasteiger partial charge on any atom is 0.198 e. The summed E-state index contributed by atoms with van der Waals surface area (Å²) in [4.78, 5) is 20.0. The van der Waals surface area contributed by atoms with Crippen LogP contribution in [-0.2, 0) is 9.59 Å². The fourth-order valence-corrected chi connectivity index (χ4v) is 0.468. The van der Waals surface area contributed by atoms with Gasteiger partial charge in [-0.25, -0.2) is 0 Å². The number of hydrogen-bond acceptors (Lipinski definition) is 3. The van der Waals surface area contributed by atoms with Crippen molar-refractivity contribution in [3.8, 4) is 0 Å². The first-order chi connectivity index (χ1) is 3.95. The van der Waals surface area contributed by atoms with Crippen LogP contribution in [0.3, 0.4) is 0 Å². The maximum atomic E-state index is 10.3. The van der Waals surface area contributed by atoms with Gasteiger partial charge in [0.1, 0.15) is 0 Å². The summed E-state index contributed by atoms with van der Waals surface area (Å²) in [6.07, 6.45) is 0.120. The summed E-state index contributed by atoms with van der Waals surface area (Å²) in [7, 11) is 0. The Morgan fingerprint density at radius 1 is 1.67 bits per heavy atom. The summed E-state index contributed by atoms with van der Waals surface area (Å²) in [5.41, 5.74) is -1.06. The van der Waals surface area contributed by atoms with Crippen molar-refractivity contribution >= 4 is 12.1 Å². The Bertz CT molecular complexity index is 121. The van der Waals surface area contributed by atoms with E-state index >= 15 is 0 Å². The van der Waals surface area contributed by atoms with Crippen LogP contribution in [0.1, 0.15) is 20.3 Å². The molecule has 9 heavy (non-hydrogen) atoms. The zero-order valence-electron chi connectivity index (χ0n) is 5.55. The third-order valence-corrected chi connectivity index (χ3v) is 0.738. The Morgan fingerprint density at radius 3 is 2.22 bits per heavy atom. The molecule has 3 heteroatoms. The largest absolute Gasteiger partial charge is 0.390 e. The van der Waals surface area contributed by atoms with Crippen molar-refractivity contribution in [2.24, 2.45) is 0 Å². The molecule has 0 aliphatic heterocycles. The van der Waals surface area contributed by atoms with Crippen molar-refractivity contribution < 1.29 is 14.7 Å². The average molecular weight is 130 g/mol. The molecular formula is C6H10O3. The van der Waals surface area contributed by atoms with Crippen molar-refractivity contribution in [3.05, 3.63) is 0 Å². The molecule has 0 aliphatic rings. The van der Waals surface area contributed by atoms with Crippen LogP contribution >= 0.6 is 0 Å². The van der Waals surface area contributed by atoms with Crippen molar-refractivity contribution in [2.45, 2.75) is 25.9 Å². The van der Waals surface area contributed by atoms with Gasteiger partial charge >= 0.3 is 0 Å². The molecule has 52 valence electrons. The zero-order valence-corrected chi connectivity index (χ0v) is 5.55. The summed E-state index contributed by atoms with van der Waals surface area (Å²) in [6.45, 7) is 2.96. The van der Waals surface area contributed by atoms with Gasteiger partial charge in [-0.05, 0) is 13.8 Å². The normalized spacial score (nSPS) is 11.0. The van der Waals surface area contributed by atoms with E-state index in [1.807, 2.05) is 0 Å². The molecule has 0 rings (SSSR count). The first-order valence-corrected chi connectivity index (χ1v) is 2.66. The highest BCUT2D eigenvalue weighted by atomic mass is 16.3. The second-order valence-electron chi connectivity index (χ2n) is 2.57. The molecule has 0 aromatic heterocycles. The third kappa shape index (κ3) is 5.17. The van der Waals surface area contributed by atoms with E-state index in [0.29, 0.717) is 0 Å². The van der Waals surface area contributed by atoms with Crippen LogP contribution in [0.4, 0.5) is 0 Å². The molecule has 0 aromatic carbocycles. The average Bonchev–Trinajstić information content (AvgIpc) is 1.62. The van der Waals surface area contributed by atoms with Crippen LogP contribution in [0.5, 0.6) is 0 Å². The molecule has 0 aliphatic carbocycles. The van der Waals surface area contributed by atoms with Gasteiger partial charge in [-0.3, -0.25) is 9.59 Å². The van der Waals surface area contributed by atoms with E-state index < -0.39 is 11.4 Å². The van der Waals surface area contributed by atoms with Crippen LogP contribution in [0.15, 0.2) is 0 Å². The van der Waals surface area contributed by atoms with E-state index in [1.54, 1.807) is 0 Å². The molecule has 0 bridgehead atoms. The van der Waals surface area contributed by atoms with Crippen LogP contribution < -0.4 is 0 Å².